The Labute approximate surface area is 126 Å². The van der Waals surface area contributed by atoms with Gasteiger partial charge in [-0.3, -0.25) is 4.90 Å². The number of nitrogens with one attached hydrogen (secondary N) is 1. The Morgan fingerprint density at radius 3 is 2.67 bits per heavy atom. The van der Waals surface area contributed by atoms with Gasteiger partial charge in [-0.25, -0.2) is 8.78 Å². The summed E-state index contributed by atoms with van der Waals surface area (Å²) in [5, 5.41) is 3.31. The maximum atomic E-state index is 14.1. The summed E-state index contributed by atoms with van der Waals surface area (Å²) in [4.78, 5) is 2.43. The molecule has 118 valence electrons. The van der Waals surface area contributed by atoms with Gasteiger partial charge in [0, 0.05) is 24.2 Å². The van der Waals surface area contributed by atoms with E-state index >= 15 is 0 Å². The van der Waals surface area contributed by atoms with Crippen LogP contribution in [0.2, 0.25) is 0 Å². The van der Waals surface area contributed by atoms with Crippen molar-refractivity contribution in [1.82, 2.24) is 10.2 Å². The van der Waals surface area contributed by atoms with Crippen molar-refractivity contribution in [3.63, 3.8) is 0 Å². The van der Waals surface area contributed by atoms with Gasteiger partial charge in [-0.15, -0.1) is 0 Å². The monoisotopic (exact) mass is 296 g/mol. The second-order valence-electron chi connectivity index (χ2n) is 5.83. The van der Waals surface area contributed by atoms with Crippen molar-refractivity contribution in [1.29, 1.82) is 0 Å². The van der Waals surface area contributed by atoms with Gasteiger partial charge in [0.1, 0.15) is 0 Å². The largest absolute Gasteiger partial charge is 0.309 e. The standard InChI is InChI=1S/C17H26F2N2/c1-3-5-11-21(13-9-10-13)12-16(20-4-2)14-7-6-8-15(18)17(14)19/h6-8,13,16,20H,3-5,9-12H2,1-2H3. The molecule has 0 spiro atoms. The SMILES string of the molecule is CCCCN(CC(NCC)c1cccc(F)c1F)C1CC1. The van der Waals surface area contributed by atoms with Crippen molar-refractivity contribution in [3.8, 4) is 0 Å². The normalized spacial score (nSPS) is 16.4. The number of nitrogens with zero attached hydrogens (tertiary/aromatic N) is 1. The lowest BCUT2D eigenvalue weighted by atomic mass is 10.0. The lowest BCUT2D eigenvalue weighted by molar-refractivity contribution is 0.228. The van der Waals surface area contributed by atoms with Crippen LogP contribution >= 0.6 is 0 Å². The first-order chi connectivity index (χ1) is 10.2. The highest BCUT2D eigenvalue weighted by Gasteiger charge is 2.31. The van der Waals surface area contributed by atoms with E-state index in [1.165, 1.54) is 18.9 Å². The maximum absolute atomic E-state index is 14.1. The molecule has 2 nitrogen and oxygen atoms in total. The maximum Gasteiger partial charge on any atom is 0.163 e. The molecule has 1 fully saturated rings. The molecule has 21 heavy (non-hydrogen) atoms. The van der Waals surface area contributed by atoms with Crippen molar-refractivity contribution < 1.29 is 8.78 Å². The van der Waals surface area contributed by atoms with E-state index in [0.29, 0.717) is 11.6 Å². The molecule has 0 radical (unpaired) electrons. The Morgan fingerprint density at radius 2 is 2.05 bits per heavy atom. The first-order valence-corrected chi connectivity index (χ1v) is 8.08. The van der Waals surface area contributed by atoms with Crippen LogP contribution in [0.25, 0.3) is 0 Å². The van der Waals surface area contributed by atoms with E-state index in [0.717, 1.165) is 32.5 Å². The molecule has 1 saturated carbocycles. The molecule has 1 aliphatic carbocycles. The third-order valence-corrected chi connectivity index (χ3v) is 4.09. The summed E-state index contributed by atoms with van der Waals surface area (Å²) in [6.07, 6.45) is 4.77. The number of hydrogen-bond acceptors (Lipinski definition) is 2. The van der Waals surface area contributed by atoms with E-state index in [4.69, 9.17) is 0 Å². The van der Waals surface area contributed by atoms with Crippen molar-refractivity contribution in [2.24, 2.45) is 0 Å². The Morgan fingerprint density at radius 1 is 1.29 bits per heavy atom. The molecule has 0 amide bonds. The fraction of sp³-hybridized carbons (Fsp3) is 0.647. The molecule has 0 bridgehead atoms. The van der Waals surface area contributed by atoms with Crippen LogP contribution in [0.15, 0.2) is 18.2 Å². The zero-order valence-electron chi connectivity index (χ0n) is 13.0. The summed E-state index contributed by atoms with van der Waals surface area (Å²) in [7, 11) is 0. The Balaban J connectivity index is 2.11. The fourth-order valence-electron chi connectivity index (χ4n) is 2.77. The minimum absolute atomic E-state index is 0.150. The third-order valence-electron chi connectivity index (χ3n) is 4.09. The molecule has 1 atom stereocenters. The molecule has 1 aliphatic rings. The lowest BCUT2D eigenvalue weighted by Crippen LogP contribution is -2.37. The summed E-state index contributed by atoms with van der Waals surface area (Å²) in [5.74, 6) is -1.48. The molecule has 2 rings (SSSR count). The van der Waals surface area contributed by atoms with Crippen LogP contribution in [0, 0.1) is 11.6 Å². The predicted molar refractivity (Wildman–Crippen MR) is 82.3 cm³/mol. The highest BCUT2D eigenvalue weighted by molar-refractivity contribution is 5.23. The molecule has 0 aromatic heterocycles. The molecule has 4 heteroatoms. The summed E-state index contributed by atoms with van der Waals surface area (Å²) >= 11 is 0. The van der Waals surface area contributed by atoms with Gasteiger partial charge in [0.15, 0.2) is 11.6 Å². The number of rotatable bonds is 9. The van der Waals surface area contributed by atoms with Crippen LogP contribution in [0.3, 0.4) is 0 Å². The number of halogens is 2. The molecular weight excluding hydrogens is 270 g/mol. The zero-order chi connectivity index (χ0) is 15.2. The van der Waals surface area contributed by atoms with Gasteiger partial charge in [-0.05, 0) is 38.4 Å². The average molecular weight is 296 g/mol. The Bertz CT molecular complexity index is 446. The van der Waals surface area contributed by atoms with Gasteiger partial charge in [-0.2, -0.15) is 0 Å². The van der Waals surface area contributed by atoms with E-state index in [9.17, 15) is 8.78 Å². The van der Waals surface area contributed by atoms with Gasteiger partial charge in [0.25, 0.3) is 0 Å². The molecule has 0 heterocycles. The van der Waals surface area contributed by atoms with E-state index in [-0.39, 0.29) is 6.04 Å². The summed E-state index contributed by atoms with van der Waals surface area (Å²) in [5.41, 5.74) is 0.444. The smallest absolute Gasteiger partial charge is 0.163 e. The van der Waals surface area contributed by atoms with Crippen molar-refractivity contribution in [2.75, 3.05) is 19.6 Å². The summed E-state index contributed by atoms with van der Waals surface area (Å²) < 4.78 is 27.5. The van der Waals surface area contributed by atoms with Gasteiger partial charge in [-0.1, -0.05) is 32.4 Å². The van der Waals surface area contributed by atoms with Crippen LogP contribution in [0.5, 0.6) is 0 Å². The average Bonchev–Trinajstić information content (AvgIpc) is 3.30. The molecule has 0 saturated heterocycles. The van der Waals surface area contributed by atoms with Crippen molar-refractivity contribution in [3.05, 3.63) is 35.4 Å². The topological polar surface area (TPSA) is 15.3 Å². The number of benzene rings is 1. The first kappa shape index (κ1) is 16.4. The summed E-state index contributed by atoms with van der Waals surface area (Å²) in [6.45, 7) is 6.71. The first-order valence-electron chi connectivity index (χ1n) is 8.08. The van der Waals surface area contributed by atoms with Gasteiger partial charge in [0.2, 0.25) is 0 Å². The van der Waals surface area contributed by atoms with Crippen molar-refractivity contribution in [2.45, 2.75) is 51.6 Å². The highest BCUT2D eigenvalue weighted by Crippen LogP contribution is 2.30. The molecule has 1 aromatic rings. The number of likely N-dealkylation sites (N-methyl/N-ethyl adjacent to an activating group) is 1. The Hall–Kier alpha value is -1.00. The second-order valence-corrected chi connectivity index (χ2v) is 5.83. The fourth-order valence-corrected chi connectivity index (χ4v) is 2.77. The van der Waals surface area contributed by atoms with Gasteiger partial charge >= 0.3 is 0 Å². The third kappa shape index (κ3) is 4.48. The van der Waals surface area contributed by atoms with E-state index in [1.54, 1.807) is 12.1 Å². The lowest BCUT2D eigenvalue weighted by Gasteiger charge is -2.28. The minimum atomic E-state index is -0.762. The highest BCUT2D eigenvalue weighted by atomic mass is 19.2. The van der Waals surface area contributed by atoms with Crippen LogP contribution in [0.4, 0.5) is 8.78 Å². The molecular formula is C17H26F2N2. The molecule has 0 aliphatic heterocycles. The molecule has 1 N–H and O–H groups in total. The van der Waals surface area contributed by atoms with Crippen molar-refractivity contribution >= 4 is 0 Å². The number of unbranched alkanes of at least 4 members (excludes halogenated alkanes) is 1. The van der Waals surface area contributed by atoms with Gasteiger partial charge < -0.3 is 5.32 Å². The molecule has 1 aromatic carbocycles. The minimum Gasteiger partial charge on any atom is -0.309 e. The van der Waals surface area contributed by atoms with E-state index in [2.05, 4.69) is 17.1 Å². The van der Waals surface area contributed by atoms with Gasteiger partial charge in [0.05, 0.1) is 0 Å². The van der Waals surface area contributed by atoms with Crippen LogP contribution in [-0.2, 0) is 0 Å². The molecule has 1 unspecified atom stereocenters. The van der Waals surface area contributed by atoms with Crippen LogP contribution in [-0.4, -0.2) is 30.6 Å². The number of hydrogen-bond donors (Lipinski definition) is 1. The predicted octanol–water partition coefficient (Wildman–Crippen LogP) is 3.88. The quantitative estimate of drug-likeness (QED) is 0.744. The van der Waals surface area contributed by atoms with E-state index in [1.807, 2.05) is 6.92 Å². The van der Waals surface area contributed by atoms with E-state index < -0.39 is 11.6 Å². The summed E-state index contributed by atoms with van der Waals surface area (Å²) in [6, 6.07) is 4.94. The van der Waals surface area contributed by atoms with Crippen LogP contribution in [0.1, 0.15) is 51.1 Å². The Kier molecular flexibility index (Phi) is 6.12. The second kappa shape index (κ2) is 7.85. The zero-order valence-corrected chi connectivity index (χ0v) is 13.0. The van der Waals surface area contributed by atoms with Crippen LogP contribution < -0.4 is 5.32 Å².